The molecule has 2 aromatic rings. The van der Waals surface area contributed by atoms with E-state index >= 15 is 0 Å². The highest BCUT2D eigenvalue weighted by molar-refractivity contribution is 7.80. The Morgan fingerprint density at radius 2 is 2.14 bits per heavy atom. The van der Waals surface area contributed by atoms with Crippen molar-refractivity contribution in [2.75, 3.05) is 12.4 Å². The Morgan fingerprint density at radius 3 is 2.73 bits per heavy atom. The minimum atomic E-state index is -0.258. The number of benzene rings is 1. The molecule has 0 saturated carbocycles. The van der Waals surface area contributed by atoms with Crippen LogP contribution in [0.3, 0.4) is 0 Å². The number of ether oxygens (including phenoxy) is 1. The first-order valence-electron chi connectivity index (χ1n) is 6.50. The molecule has 6 nitrogen and oxygen atoms in total. The van der Waals surface area contributed by atoms with Gasteiger partial charge < -0.3 is 24.9 Å². The van der Waals surface area contributed by atoms with Crippen molar-refractivity contribution in [3.05, 3.63) is 36.1 Å². The van der Waals surface area contributed by atoms with Crippen LogP contribution in [0.25, 0.3) is 11.3 Å². The third-order valence-corrected chi connectivity index (χ3v) is 3.04. The second-order valence-corrected chi connectivity index (χ2v) is 4.88. The Hall–Kier alpha value is -2.38. The van der Waals surface area contributed by atoms with Gasteiger partial charge in [0, 0.05) is 12.5 Å². The quantitative estimate of drug-likeness (QED) is 0.750. The number of rotatable bonds is 4. The lowest BCUT2D eigenvalue weighted by Gasteiger charge is -2.13. The van der Waals surface area contributed by atoms with Crippen molar-refractivity contribution in [2.45, 2.75) is 13.5 Å². The summed E-state index contributed by atoms with van der Waals surface area (Å²) in [4.78, 5) is 11.0. The van der Waals surface area contributed by atoms with Crippen LogP contribution in [0.2, 0.25) is 0 Å². The van der Waals surface area contributed by atoms with Gasteiger partial charge in [0.2, 0.25) is 5.91 Å². The molecule has 0 unspecified atom stereocenters. The molecule has 0 aliphatic carbocycles. The van der Waals surface area contributed by atoms with Crippen molar-refractivity contribution in [1.82, 2.24) is 5.32 Å². The summed E-state index contributed by atoms with van der Waals surface area (Å²) in [6, 6.07) is 8.84. The molecule has 1 aromatic heterocycles. The van der Waals surface area contributed by atoms with Crippen molar-refractivity contribution in [1.29, 1.82) is 0 Å². The standard InChI is InChI=1S/C15H16N2O4S/c1-9(19)16-15(22)17-12-7-10(3-5-14(12)20-2)13-6-4-11(8-18)21-13/h3-7,18H,8H2,1-2H3,(H2,16,17,19,22). The fourth-order valence-corrected chi connectivity index (χ4v) is 2.14. The third kappa shape index (κ3) is 3.84. The highest BCUT2D eigenvalue weighted by atomic mass is 32.1. The van der Waals surface area contributed by atoms with Crippen LogP contribution in [0.5, 0.6) is 5.75 Å². The number of hydrogen-bond acceptors (Lipinski definition) is 5. The Balaban J connectivity index is 2.29. The maximum Gasteiger partial charge on any atom is 0.222 e. The van der Waals surface area contributed by atoms with Crippen LogP contribution in [0, 0.1) is 0 Å². The second kappa shape index (κ2) is 7.06. The maximum atomic E-state index is 11.0. The summed E-state index contributed by atoms with van der Waals surface area (Å²) in [5.41, 5.74) is 1.38. The molecule has 0 saturated heterocycles. The summed E-state index contributed by atoms with van der Waals surface area (Å²) in [6.45, 7) is 1.22. The second-order valence-electron chi connectivity index (χ2n) is 4.47. The topological polar surface area (TPSA) is 83.7 Å². The van der Waals surface area contributed by atoms with Gasteiger partial charge >= 0.3 is 0 Å². The average Bonchev–Trinajstić information content (AvgIpc) is 2.95. The van der Waals surface area contributed by atoms with Gasteiger partial charge in [-0.05, 0) is 42.5 Å². The van der Waals surface area contributed by atoms with E-state index in [0.717, 1.165) is 5.56 Å². The molecule has 0 aliphatic rings. The number of aliphatic hydroxyl groups is 1. The number of hydrogen-bond donors (Lipinski definition) is 3. The number of furan rings is 1. The van der Waals surface area contributed by atoms with E-state index in [-0.39, 0.29) is 17.6 Å². The fraction of sp³-hybridized carbons (Fsp3) is 0.200. The minimum Gasteiger partial charge on any atom is -0.495 e. The lowest BCUT2D eigenvalue weighted by molar-refractivity contribution is -0.117. The van der Waals surface area contributed by atoms with Crippen molar-refractivity contribution >= 4 is 28.9 Å². The Bertz CT molecular complexity index is 697. The highest BCUT2D eigenvalue weighted by Crippen LogP contribution is 2.31. The van der Waals surface area contributed by atoms with E-state index < -0.39 is 0 Å². The zero-order valence-corrected chi connectivity index (χ0v) is 13.0. The van der Waals surface area contributed by atoms with Gasteiger partial charge in [0.25, 0.3) is 0 Å². The van der Waals surface area contributed by atoms with Crippen molar-refractivity contribution in [3.63, 3.8) is 0 Å². The van der Waals surface area contributed by atoms with Crippen LogP contribution >= 0.6 is 12.2 Å². The normalized spacial score (nSPS) is 10.1. The molecular weight excluding hydrogens is 304 g/mol. The number of carbonyl (C=O) groups is 1. The zero-order chi connectivity index (χ0) is 16.1. The third-order valence-electron chi connectivity index (χ3n) is 2.84. The zero-order valence-electron chi connectivity index (χ0n) is 12.2. The maximum absolute atomic E-state index is 11.0. The molecule has 1 amide bonds. The molecule has 2 rings (SSSR count). The molecule has 0 fully saturated rings. The summed E-state index contributed by atoms with van der Waals surface area (Å²) in [7, 11) is 1.54. The number of thiocarbonyl (C=S) groups is 1. The van der Waals surface area contributed by atoms with E-state index in [1.807, 2.05) is 6.07 Å². The van der Waals surface area contributed by atoms with E-state index in [9.17, 15) is 4.79 Å². The lowest BCUT2D eigenvalue weighted by atomic mass is 10.1. The molecule has 3 N–H and O–H groups in total. The summed E-state index contributed by atoms with van der Waals surface area (Å²) in [5.74, 6) is 1.41. The predicted octanol–water partition coefficient (Wildman–Crippen LogP) is 2.28. The molecule has 0 bridgehead atoms. The van der Waals surface area contributed by atoms with E-state index in [1.54, 1.807) is 31.4 Å². The predicted molar refractivity (Wildman–Crippen MR) is 86.7 cm³/mol. The van der Waals surface area contributed by atoms with Crippen LogP contribution < -0.4 is 15.4 Å². The summed E-state index contributed by atoms with van der Waals surface area (Å²) < 4.78 is 10.8. The van der Waals surface area contributed by atoms with Crippen molar-refractivity contribution < 1.29 is 19.1 Å². The van der Waals surface area contributed by atoms with Gasteiger partial charge in [-0.1, -0.05) is 0 Å². The van der Waals surface area contributed by atoms with Gasteiger partial charge in [0.15, 0.2) is 5.11 Å². The van der Waals surface area contributed by atoms with E-state index in [4.69, 9.17) is 26.5 Å². The average molecular weight is 320 g/mol. The first kappa shape index (κ1) is 16.0. The number of anilines is 1. The number of carbonyl (C=O) groups excluding carboxylic acids is 1. The number of nitrogens with one attached hydrogen (secondary N) is 2. The minimum absolute atomic E-state index is 0.159. The van der Waals surface area contributed by atoms with Crippen molar-refractivity contribution in [2.24, 2.45) is 0 Å². The van der Waals surface area contributed by atoms with Gasteiger partial charge in [0.1, 0.15) is 23.9 Å². The molecule has 0 spiro atoms. The molecule has 0 radical (unpaired) electrons. The van der Waals surface area contributed by atoms with Crippen LogP contribution in [-0.4, -0.2) is 23.2 Å². The molecule has 7 heteroatoms. The van der Waals surface area contributed by atoms with E-state index in [1.165, 1.54) is 6.92 Å². The SMILES string of the molecule is COc1ccc(-c2ccc(CO)o2)cc1NC(=S)NC(C)=O. The summed E-state index contributed by atoms with van der Waals surface area (Å²) in [6.07, 6.45) is 0. The molecule has 0 atom stereocenters. The van der Waals surface area contributed by atoms with E-state index in [0.29, 0.717) is 23.0 Å². The van der Waals surface area contributed by atoms with Gasteiger partial charge in [-0.2, -0.15) is 0 Å². The number of methoxy groups -OCH3 is 1. The Labute approximate surface area is 133 Å². The van der Waals surface area contributed by atoms with Gasteiger partial charge in [-0.3, -0.25) is 4.79 Å². The molecule has 22 heavy (non-hydrogen) atoms. The monoisotopic (exact) mass is 320 g/mol. The molecule has 0 aliphatic heterocycles. The van der Waals surface area contributed by atoms with Gasteiger partial charge in [0.05, 0.1) is 12.8 Å². The van der Waals surface area contributed by atoms with Gasteiger partial charge in [-0.25, -0.2) is 0 Å². The Morgan fingerprint density at radius 1 is 1.36 bits per heavy atom. The summed E-state index contributed by atoms with van der Waals surface area (Å²) >= 11 is 5.05. The van der Waals surface area contributed by atoms with Crippen LogP contribution in [0.4, 0.5) is 5.69 Å². The number of amides is 1. The molecule has 116 valence electrons. The van der Waals surface area contributed by atoms with E-state index in [2.05, 4.69) is 10.6 Å². The molecule has 1 heterocycles. The lowest BCUT2D eigenvalue weighted by Crippen LogP contribution is -2.32. The van der Waals surface area contributed by atoms with Gasteiger partial charge in [-0.15, -0.1) is 0 Å². The molecular formula is C15H16N2O4S. The number of aliphatic hydroxyl groups excluding tert-OH is 1. The summed E-state index contributed by atoms with van der Waals surface area (Å²) in [5, 5.41) is 14.6. The first-order valence-corrected chi connectivity index (χ1v) is 6.91. The van der Waals surface area contributed by atoms with Crippen LogP contribution in [-0.2, 0) is 11.4 Å². The Kier molecular flexibility index (Phi) is 5.13. The highest BCUT2D eigenvalue weighted by Gasteiger charge is 2.10. The largest absolute Gasteiger partial charge is 0.495 e. The van der Waals surface area contributed by atoms with Crippen LogP contribution in [0.15, 0.2) is 34.7 Å². The first-order chi connectivity index (χ1) is 10.5. The fourth-order valence-electron chi connectivity index (χ4n) is 1.89. The van der Waals surface area contributed by atoms with Crippen molar-refractivity contribution in [3.8, 4) is 17.1 Å². The molecule has 1 aromatic carbocycles. The smallest absolute Gasteiger partial charge is 0.222 e. The van der Waals surface area contributed by atoms with Crippen LogP contribution in [0.1, 0.15) is 12.7 Å².